The number of methoxy groups -OCH3 is 2. The zero-order chi connectivity index (χ0) is 20.9. The molecule has 8 nitrogen and oxygen atoms in total. The highest BCUT2D eigenvalue weighted by Gasteiger charge is 2.57. The average molecular weight is 405 g/mol. The van der Waals surface area contributed by atoms with Gasteiger partial charge in [-0.2, -0.15) is 5.26 Å². The van der Waals surface area contributed by atoms with Crippen LogP contribution in [0.2, 0.25) is 0 Å². The maximum atomic E-state index is 13.1. The van der Waals surface area contributed by atoms with Crippen LogP contribution in [0.25, 0.3) is 0 Å². The minimum absolute atomic E-state index is 0.0596. The highest BCUT2D eigenvalue weighted by atomic mass is 31.2. The summed E-state index contributed by atoms with van der Waals surface area (Å²) < 4.78 is 47.1. The second kappa shape index (κ2) is 9.62. The van der Waals surface area contributed by atoms with E-state index in [4.69, 9.17) is 28.0 Å². The lowest BCUT2D eigenvalue weighted by atomic mass is 9.97. The fourth-order valence-corrected chi connectivity index (χ4v) is 4.75. The van der Waals surface area contributed by atoms with Crippen molar-refractivity contribution in [2.24, 2.45) is 0 Å². The highest BCUT2D eigenvalue weighted by Crippen LogP contribution is 2.55. The zero-order valence-corrected chi connectivity index (χ0v) is 18.2. The number of hydrogen-bond donors (Lipinski definition) is 0. The Morgan fingerprint density at radius 1 is 1.19 bits per heavy atom. The molecule has 0 saturated carbocycles. The Labute approximate surface area is 162 Å². The summed E-state index contributed by atoms with van der Waals surface area (Å²) in [5.41, 5.74) is -0.346. The molecular weight excluding hydrogens is 373 g/mol. The van der Waals surface area contributed by atoms with E-state index >= 15 is 0 Å². The minimum atomic E-state index is -3.64. The van der Waals surface area contributed by atoms with Crippen LogP contribution in [0.5, 0.6) is 0 Å². The zero-order valence-electron chi connectivity index (χ0n) is 17.3. The van der Waals surface area contributed by atoms with Gasteiger partial charge in [-0.25, -0.2) is 0 Å². The molecule has 0 radical (unpaired) electrons. The summed E-state index contributed by atoms with van der Waals surface area (Å²) in [6, 6.07) is 2.05. The topological polar surface area (TPSA) is 96.2 Å². The van der Waals surface area contributed by atoms with Crippen LogP contribution in [0.4, 0.5) is 0 Å². The van der Waals surface area contributed by atoms with Crippen molar-refractivity contribution >= 4 is 7.60 Å². The van der Waals surface area contributed by atoms with Crippen LogP contribution in [0.3, 0.4) is 0 Å². The van der Waals surface area contributed by atoms with Crippen LogP contribution in [0.15, 0.2) is 12.2 Å². The molecule has 27 heavy (non-hydrogen) atoms. The summed E-state index contributed by atoms with van der Waals surface area (Å²) in [5.74, 6) is -2.45. The molecule has 0 N–H and O–H groups in total. The van der Waals surface area contributed by atoms with Crippen molar-refractivity contribution < 1.29 is 32.6 Å². The number of nitrogens with zero attached hydrogens (tertiary/aromatic N) is 1. The molecule has 5 atom stereocenters. The van der Waals surface area contributed by atoms with E-state index in [-0.39, 0.29) is 19.6 Å². The molecule has 1 heterocycles. The van der Waals surface area contributed by atoms with E-state index in [0.29, 0.717) is 5.57 Å². The Bertz CT molecular complexity index is 597. The molecule has 0 aromatic carbocycles. The van der Waals surface area contributed by atoms with Crippen LogP contribution in [-0.2, 0) is 32.6 Å². The maximum absolute atomic E-state index is 13.1. The van der Waals surface area contributed by atoms with Gasteiger partial charge in [0, 0.05) is 20.6 Å². The van der Waals surface area contributed by atoms with E-state index in [1.165, 1.54) is 14.2 Å². The maximum Gasteiger partial charge on any atom is 0.347 e. The molecule has 0 spiro atoms. The summed E-state index contributed by atoms with van der Waals surface area (Å²) in [6.07, 6.45) is -1.19. The summed E-state index contributed by atoms with van der Waals surface area (Å²) in [4.78, 5) is 0. The predicted molar refractivity (Wildman–Crippen MR) is 100 cm³/mol. The first-order chi connectivity index (χ1) is 12.6. The lowest BCUT2D eigenvalue weighted by Gasteiger charge is -2.52. The van der Waals surface area contributed by atoms with Crippen molar-refractivity contribution in [3.8, 4) is 6.07 Å². The molecule has 1 unspecified atom stereocenters. The Kier molecular flexibility index (Phi) is 8.64. The Hall–Kier alpha value is -0.780. The molecule has 0 aliphatic carbocycles. The van der Waals surface area contributed by atoms with E-state index in [0.717, 1.165) is 0 Å². The first-order valence-corrected chi connectivity index (χ1v) is 10.6. The quantitative estimate of drug-likeness (QED) is 0.402. The van der Waals surface area contributed by atoms with Crippen molar-refractivity contribution in [2.75, 3.05) is 27.4 Å². The summed E-state index contributed by atoms with van der Waals surface area (Å²) >= 11 is 0. The Morgan fingerprint density at radius 3 is 2.04 bits per heavy atom. The standard InChI is InChI=1S/C18H32NO7P/c1-9-23-27(20,24-10-2)14(12-19)11-15-16(13(3)4)26-18(6,22-8)17(5,21-7)25-15/h14-16H,3,9-11H2,1-2,4-8H3/t14?,15-,16-,17+,18+/m1/s1. The smallest absolute Gasteiger partial charge is 0.347 e. The molecule has 156 valence electrons. The molecule has 0 aromatic heterocycles. The van der Waals surface area contributed by atoms with Crippen molar-refractivity contribution in [3.05, 3.63) is 12.2 Å². The first-order valence-electron chi connectivity index (χ1n) is 8.96. The van der Waals surface area contributed by atoms with Gasteiger partial charge in [-0.3, -0.25) is 4.57 Å². The van der Waals surface area contributed by atoms with Gasteiger partial charge in [0.25, 0.3) is 0 Å². The van der Waals surface area contributed by atoms with E-state index in [1.807, 2.05) is 6.07 Å². The van der Waals surface area contributed by atoms with Gasteiger partial charge in [-0.15, -0.1) is 0 Å². The van der Waals surface area contributed by atoms with E-state index in [1.54, 1.807) is 34.6 Å². The van der Waals surface area contributed by atoms with Gasteiger partial charge in [-0.05, 0) is 40.2 Å². The largest absolute Gasteiger partial charge is 0.349 e. The molecule has 1 aliphatic heterocycles. The molecule has 9 heteroatoms. The van der Waals surface area contributed by atoms with Crippen molar-refractivity contribution in [1.29, 1.82) is 5.26 Å². The van der Waals surface area contributed by atoms with E-state index in [2.05, 4.69) is 6.58 Å². The molecule has 1 fully saturated rings. The molecule has 0 aromatic rings. The Balaban J connectivity index is 3.22. The van der Waals surface area contributed by atoms with Crippen LogP contribution in [0.1, 0.15) is 41.0 Å². The van der Waals surface area contributed by atoms with Crippen LogP contribution in [0, 0.1) is 11.3 Å². The van der Waals surface area contributed by atoms with Gasteiger partial charge >= 0.3 is 7.60 Å². The third kappa shape index (κ3) is 4.99. The van der Waals surface area contributed by atoms with Crippen molar-refractivity contribution in [1.82, 2.24) is 0 Å². The molecule has 1 saturated heterocycles. The SMILES string of the molecule is C=C(C)[C@H]1O[C@](C)(OC)[C@@](C)(OC)O[C@@H]1CC(C#N)P(=O)(OCC)OCC. The van der Waals surface area contributed by atoms with Crippen LogP contribution in [-0.4, -0.2) is 56.9 Å². The fourth-order valence-electron chi connectivity index (χ4n) is 2.99. The molecule has 1 aliphatic rings. The lowest BCUT2D eigenvalue weighted by molar-refractivity contribution is -0.443. The monoisotopic (exact) mass is 405 g/mol. The third-order valence-corrected chi connectivity index (χ3v) is 7.09. The predicted octanol–water partition coefficient (Wildman–Crippen LogP) is 3.62. The van der Waals surface area contributed by atoms with Gasteiger partial charge in [0.1, 0.15) is 6.10 Å². The molecule has 0 bridgehead atoms. The average Bonchev–Trinajstić information content (AvgIpc) is 2.62. The fraction of sp³-hybridized carbons (Fsp3) is 0.833. The minimum Gasteiger partial charge on any atom is -0.349 e. The molecular formula is C18H32NO7P. The number of ether oxygens (including phenoxy) is 4. The number of rotatable bonds is 10. The normalized spacial score (nSPS) is 32.7. The third-order valence-electron chi connectivity index (χ3n) is 4.76. The Morgan fingerprint density at radius 2 is 1.67 bits per heavy atom. The van der Waals surface area contributed by atoms with E-state index in [9.17, 15) is 9.83 Å². The van der Waals surface area contributed by atoms with Crippen molar-refractivity contribution in [2.45, 2.75) is 70.5 Å². The highest BCUT2D eigenvalue weighted by molar-refractivity contribution is 7.55. The number of nitriles is 1. The first kappa shape index (κ1) is 24.3. The summed E-state index contributed by atoms with van der Waals surface area (Å²) in [5, 5.41) is 9.65. The molecule has 1 rings (SSSR count). The summed E-state index contributed by atoms with van der Waals surface area (Å²) in [6.45, 7) is 12.9. The molecule has 0 amide bonds. The van der Waals surface area contributed by atoms with Gasteiger partial charge in [0.15, 0.2) is 5.66 Å². The van der Waals surface area contributed by atoms with Gasteiger partial charge in [0.05, 0.1) is 25.4 Å². The van der Waals surface area contributed by atoms with Crippen molar-refractivity contribution in [3.63, 3.8) is 0 Å². The second-order valence-corrected chi connectivity index (χ2v) is 8.82. The van der Waals surface area contributed by atoms with Gasteiger partial charge in [-0.1, -0.05) is 6.58 Å². The number of hydrogen-bond acceptors (Lipinski definition) is 8. The van der Waals surface area contributed by atoms with Crippen LogP contribution >= 0.6 is 7.60 Å². The second-order valence-electron chi connectivity index (χ2n) is 6.60. The summed E-state index contributed by atoms with van der Waals surface area (Å²) in [7, 11) is -0.670. The van der Waals surface area contributed by atoms with Gasteiger partial charge in [0.2, 0.25) is 11.6 Å². The van der Waals surface area contributed by atoms with Crippen LogP contribution < -0.4 is 0 Å². The lowest BCUT2D eigenvalue weighted by Crippen LogP contribution is -2.65. The van der Waals surface area contributed by atoms with E-state index < -0.39 is 37.0 Å². The van der Waals surface area contributed by atoms with Gasteiger partial charge < -0.3 is 28.0 Å².